The van der Waals surface area contributed by atoms with E-state index in [-0.39, 0.29) is 23.0 Å². The van der Waals surface area contributed by atoms with E-state index in [1.807, 2.05) is 0 Å². The number of anilines is 1. The van der Waals surface area contributed by atoms with Crippen LogP contribution in [-0.4, -0.2) is 44.3 Å². The van der Waals surface area contributed by atoms with E-state index in [0.29, 0.717) is 27.2 Å². The zero-order valence-electron chi connectivity index (χ0n) is 20.2. The monoisotopic (exact) mass is 581 g/mol. The quantitative estimate of drug-likeness (QED) is 0.347. The summed E-state index contributed by atoms with van der Waals surface area (Å²) in [6.45, 7) is 3.08. The molecule has 0 radical (unpaired) electrons. The molecular formula is C26H26Cl3N3O4S. The van der Waals surface area contributed by atoms with Crippen LogP contribution in [-0.2, 0) is 26.2 Å². The molecular weight excluding hydrogens is 557 g/mol. The fraction of sp³-hybridized carbons (Fsp3) is 0.231. The Labute approximate surface area is 232 Å². The molecule has 2 amide bonds. The summed E-state index contributed by atoms with van der Waals surface area (Å²) in [6.07, 6.45) is 0. The number of nitrogens with one attached hydrogen (secondary N) is 1. The van der Waals surface area contributed by atoms with Crippen LogP contribution in [0.15, 0.2) is 77.7 Å². The van der Waals surface area contributed by atoms with Gasteiger partial charge in [0.15, 0.2) is 0 Å². The van der Waals surface area contributed by atoms with Crippen molar-refractivity contribution in [3.63, 3.8) is 0 Å². The van der Waals surface area contributed by atoms with Crippen LogP contribution in [0, 0.1) is 0 Å². The molecule has 0 saturated heterocycles. The molecule has 0 aromatic heterocycles. The summed E-state index contributed by atoms with van der Waals surface area (Å²) < 4.78 is 28.3. The standard InChI is InChI=1S/C26H26Cl3N3O4S/c1-3-30-26(34)18(2)31(16-19-12-13-21(28)15-24(19)29)25(33)17-32(22-9-7-8-20(27)14-22)37(35,36)23-10-5-4-6-11-23/h4-15,18H,3,16-17H2,1-2H3,(H,30,34)/t18-/m0/s1. The first kappa shape index (κ1) is 28.8. The van der Waals surface area contributed by atoms with E-state index in [1.165, 1.54) is 29.2 Å². The third-order valence-corrected chi connectivity index (χ3v) is 8.19. The third kappa shape index (κ3) is 7.17. The van der Waals surface area contributed by atoms with Crippen LogP contribution >= 0.6 is 34.8 Å². The van der Waals surface area contributed by atoms with E-state index < -0.39 is 28.5 Å². The maximum Gasteiger partial charge on any atom is 0.264 e. The van der Waals surface area contributed by atoms with Gasteiger partial charge >= 0.3 is 0 Å². The highest BCUT2D eigenvalue weighted by atomic mass is 35.5. The summed E-state index contributed by atoms with van der Waals surface area (Å²) >= 11 is 18.5. The molecule has 196 valence electrons. The van der Waals surface area contributed by atoms with Crippen LogP contribution in [0.3, 0.4) is 0 Å². The third-order valence-electron chi connectivity index (χ3n) is 5.58. The molecule has 11 heteroatoms. The lowest BCUT2D eigenvalue weighted by atomic mass is 10.1. The molecule has 1 N–H and O–H groups in total. The Hall–Kier alpha value is -2.78. The van der Waals surface area contributed by atoms with Gasteiger partial charge in [0, 0.05) is 28.2 Å². The van der Waals surface area contributed by atoms with Crippen molar-refractivity contribution in [2.24, 2.45) is 0 Å². The normalized spacial score (nSPS) is 12.0. The van der Waals surface area contributed by atoms with Crippen molar-refractivity contribution in [2.45, 2.75) is 31.3 Å². The highest BCUT2D eigenvalue weighted by molar-refractivity contribution is 7.92. The van der Waals surface area contributed by atoms with Gasteiger partial charge in [-0.15, -0.1) is 0 Å². The van der Waals surface area contributed by atoms with Crippen molar-refractivity contribution in [1.82, 2.24) is 10.2 Å². The number of hydrogen-bond acceptors (Lipinski definition) is 4. The smallest absolute Gasteiger partial charge is 0.264 e. The predicted octanol–water partition coefficient (Wildman–Crippen LogP) is 5.40. The number of sulfonamides is 1. The minimum Gasteiger partial charge on any atom is -0.355 e. The van der Waals surface area contributed by atoms with Gasteiger partial charge in [-0.1, -0.05) is 65.1 Å². The lowest BCUT2D eigenvalue weighted by molar-refractivity contribution is -0.139. The molecule has 3 aromatic rings. The molecule has 0 aliphatic rings. The van der Waals surface area contributed by atoms with Crippen LogP contribution in [0.4, 0.5) is 5.69 Å². The molecule has 0 bridgehead atoms. The molecule has 0 heterocycles. The van der Waals surface area contributed by atoms with Crippen LogP contribution in [0.1, 0.15) is 19.4 Å². The zero-order chi connectivity index (χ0) is 27.2. The molecule has 0 aliphatic carbocycles. The van der Waals surface area contributed by atoms with E-state index >= 15 is 0 Å². The first-order valence-electron chi connectivity index (χ1n) is 11.4. The maximum absolute atomic E-state index is 13.8. The average Bonchev–Trinajstić information content (AvgIpc) is 2.87. The summed E-state index contributed by atoms with van der Waals surface area (Å²) in [5.41, 5.74) is 0.760. The van der Waals surface area contributed by atoms with Crippen LogP contribution in [0.5, 0.6) is 0 Å². The highest BCUT2D eigenvalue weighted by Gasteiger charge is 2.32. The first-order chi connectivity index (χ1) is 17.5. The minimum absolute atomic E-state index is 0.00634. The van der Waals surface area contributed by atoms with E-state index in [9.17, 15) is 18.0 Å². The summed E-state index contributed by atoms with van der Waals surface area (Å²) in [4.78, 5) is 27.8. The highest BCUT2D eigenvalue weighted by Crippen LogP contribution is 2.28. The molecule has 0 aliphatic heterocycles. The largest absolute Gasteiger partial charge is 0.355 e. The minimum atomic E-state index is -4.16. The van der Waals surface area contributed by atoms with Crippen molar-refractivity contribution in [3.8, 4) is 0 Å². The topological polar surface area (TPSA) is 86.8 Å². The zero-order valence-corrected chi connectivity index (χ0v) is 23.3. The molecule has 0 unspecified atom stereocenters. The molecule has 0 spiro atoms. The van der Waals surface area contributed by atoms with Crippen LogP contribution < -0.4 is 9.62 Å². The molecule has 7 nitrogen and oxygen atoms in total. The Balaban J connectivity index is 2.04. The number of likely N-dealkylation sites (N-methyl/N-ethyl adjacent to an activating group) is 1. The number of benzene rings is 3. The van der Waals surface area contributed by atoms with Crippen LogP contribution in [0.2, 0.25) is 15.1 Å². The fourth-order valence-electron chi connectivity index (χ4n) is 3.62. The Kier molecular flexibility index (Phi) is 9.84. The van der Waals surface area contributed by atoms with Crippen LogP contribution in [0.25, 0.3) is 0 Å². The maximum atomic E-state index is 13.8. The molecule has 3 aromatic carbocycles. The van der Waals surface area contributed by atoms with Gasteiger partial charge in [0.05, 0.1) is 10.6 Å². The van der Waals surface area contributed by atoms with Gasteiger partial charge in [-0.3, -0.25) is 13.9 Å². The molecule has 0 fully saturated rings. The summed E-state index contributed by atoms with van der Waals surface area (Å²) in [5, 5.41) is 3.74. The first-order valence-corrected chi connectivity index (χ1v) is 14.0. The number of carbonyl (C=O) groups is 2. The predicted molar refractivity (Wildman–Crippen MR) is 148 cm³/mol. The molecule has 1 atom stereocenters. The van der Waals surface area contributed by atoms with Crippen molar-refractivity contribution in [3.05, 3.63) is 93.4 Å². The van der Waals surface area contributed by atoms with E-state index in [0.717, 1.165) is 4.31 Å². The van der Waals surface area contributed by atoms with Gasteiger partial charge < -0.3 is 10.2 Å². The van der Waals surface area contributed by atoms with E-state index in [4.69, 9.17) is 34.8 Å². The lowest BCUT2D eigenvalue weighted by Crippen LogP contribution is -2.51. The van der Waals surface area contributed by atoms with Gasteiger partial charge in [-0.05, 0) is 61.9 Å². The Morgan fingerprint density at radius 1 is 0.919 bits per heavy atom. The SMILES string of the molecule is CCNC(=O)[C@H](C)N(Cc1ccc(Cl)cc1Cl)C(=O)CN(c1cccc(Cl)c1)S(=O)(=O)c1ccccc1. The van der Waals surface area contributed by atoms with Gasteiger partial charge in [-0.2, -0.15) is 0 Å². The van der Waals surface area contributed by atoms with Crippen molar-refractivity contribution in [1.29, 1.82) is 0 Å². The number of rotatable bonds is 10. The second kappa shape index (κ2) is 12.6. The van der Waals surface area contributed by atoms with Crippen molar-refractivity contribution < 1.29 is 18.0 Å². The summed E-state index contributed by atoms with van der Waals surface area (Å²) in [5.74, 6) is -0.995. The van der Waals surface area contributed by atoms with Gasteiger partial charge in [0.1, 0.15) is 12.6 Å². The van der Waals surface area contributed by atoms with E-state index in [2.05, 4.69) is 5.32 Å². The Bertz CT molecular complexity index is 1370. The van der Waals surface area contributed by atoms with Crippen molar-refractivity contribution in [2.75, 3.05) is 17.4 Å². The molecule has 37 heavy (non-hydrogen) atoms. The number of hydrogen-bond donors (Lipinski definition) is 1. The number of amides is 2. The van der Waals surface area contributed by atoms with E-state index in [1.54, 1.807) is 62.4 Å². The van der Waals surface area contributed by atoms with Gasteiger partial charge in [-0.25, -0.2) is 8.42 Å². The second-order valence-electron chi connectivity index (χ2n) is 8.13. The van der Waals surface area contributed by atoms with Gasteiger partial charge in [0.2, 0.25) is 11.8 Å². The molecule has 3 rings (SSSR count). The Morgan fingerprint density at radius 2 is 1.59 bits per heavy atom. The molecule has 0 saturated carbocycles. The van der Waals surface area contributed by atoms with Gasteiger partial charge in [0.25, 0.3) is 10.0 Å². The number of halogens is 3. The van der Waals surface area contributed by atoms with Crippen molar-refractivity contribution >= 4 is 62.3 Å². The average molecular weight is 583 g/mol. The second-order valence-corrected chi connectivity index (χ2v) is 11.3. The fourth-order valence-corrected chi connectivity index (χ4v) is 5.70. The Morgan fingerprint density at radius 3 is 2.22 bits per heavy atom. The number of carbonyl (C=O) groups excluding carboxylic acids is 2. The summed E-state index contributed by atoms with van der Waals surface area (Å²) in [6, 6.07) is 17.9. The lowest BCUT2D eigenvalue weighted by Gasteiger charge is -2.32. The summed E-state index contributed by atoms with van der Waals surface area (Å²) in [7, 11) is -4.16. The number of nitrogens with zero attached hydrogens (tertiary/aromatic N) is 2.